The van der Waals surface area contributed by atoms with Crippen LogP contribution < -0.4 is 5.32 Å². The smallest absolute Gasteiger partial charge is 0.322 e. The van der Waals surface area contributed by atoms with Crippen molar-refractivity contribution in [1.82, 2.24) is 5.32 Å². The van der Waals surface area contributed by atoms with Gasteiger partial charge in [0.15, 0.2) is 0 Å². The molecule has 1 rings (SSSR count). The second-order valence-electron chi connectivity index (χ2n) is 3.73. The third-order valence-corrected chi connectivity index (χ3v) is 2.67. The van der Waals surface area contributed by atoms with E-state index in [1.807, 2.05) is 0 Å². The fraction of sp³-hybridized carbons (Fsp3) is 0.900. The number of nitrogens with one attached hydrogen (secondary N) is 1. The van der Waals surface area contributed by atoms with Gasteiger partial charge < -0.3 is 10.1 Å². The zero-order valence-corrected chi connectivity index (χ0v) is 8.51. The predicted octanol–water partition coefficient (Wildman–Crippen LogP) is 1.33. The molecule has 1 aliphatic rings. The molecule has 3 nitrogen and oxygen atoms in total. The molecule has 2 atom stereocenters. The molecule has 1 saturated heterocycles. The summed E-state index contributed by atoms with van der Waals surface area (Å²) in [7, 11) is 1.45. The molecule has 0 bridgehead atoms. The molecule has 76 valence electrons. The Kier molecular flexibility index (Phi) is 4.22. The first kappa shape index (κ1) is 10.5. The number of carbonyl (C=O) groups is 1. The largest absolute Gasteiger partial charge is 0.468 e. The summed E-state index contributed by atoms with van der Waals surface area (Å²) >= 11 is 0. The predicted molar refractivity (Wildman–Crippen MR) is 51.4 cm³/mol. The third-order valence-electron chi connectivity index (χ3n) is 2.67. The van der Waals surface area contributed by atoms with Crippen molar-refractivity contribution in [3.63, 3.8) is 0 Å². The van der Waals surface area contributed by atoms with Crippen LogP contribution in [0.5, 0.6) is 0 Å². The van der Waals surface area contributed by atoms with Gasteiger partial charge in [-0.1, -0.05) is 19.8 Å². The zero-order chi connectivity index (χ0) is 9.68. The van der Waals surface area contributed by atoms with E-state index in [1.165, 1.54) is 26.4 Å². The van der Waals surface area contributed by atoms with Gasteiger partial charge in [-0.15, -0.1) is 0 Å². The minimum atomic E-state index is -0.112. The summed E-state index contributed by atoms with van der Waals surface area (Å²) in [4.78, 5) is 11.1. The molecular weight excluding hydrogens is 166 g/mol. The van der Waals surface area contributed by atoms with E-state index in [0.29, 0.717) is 5.92 Å². The Morgan fingerprint density at radius 3 is 3.00 bits per heavy atom. The fourth-order valence-electron chi connectivity index (χ4n) is 1.84. The number of esters is 1. The summed E-state index contributed by atoms with van der Waals surface area (Å²) < 4.78 is 4.69. The summed E-state index contributed by atoms with van der Waals surface area (Å²) in [6.45, 7) is 3.17. The van der Waals surface area contributed by atoms with Gasteiger partial charge in [-0.05, 0) is 25.3 Å². The van der Waals surface area contributed by atoms with Gasteiger partial charge in [0.25, 0.3) is 0 Å². The summed E-state index contributed by atoms with van der Waals surface area (Å²) in [5, 5.41) is 3.19. The molecule has 1 aliphatic heterocycles. The Morgan fingerprint density at radius 2 is 2.38 bits per heavy atom. The number of hydrogen-bond acceptors (Lipinski definition) is 3. The highest BCUT2D eigenvalue weighted by Crippen LogP contribution is 2.20. The summed E-state index contributed by atoms with van der Waals surface area (Å²) in [6, 6.07) is -0.0492. The lowest BCUT2D eigenvalue weighted by Gasteiger charge is -2.07. The quantitative estimate of drug-likeness (QED) is 0.671. The maximum absolute atomic E-state index is 11.1. The number of unbranched alkanes of at least 4 members (excludes halogenated alkanes) is 1. The van der Waals surface area contributed by atoms with Gasteiger partial charge in [0.05, 0.1) is 7.11 Å². The maximum Gasteiger partial charge on any atom is 0.322 e. The second kappa shape index (κ2) is 5.22. The Labute approximate surface area is 79.8 Å². The Morgan fingerprint density at radius 1 is 1.62 bits per heavy atom. The van der Waals surface area contributed by atoms with Gasteiger partial charge in [0.1, 0.15) is 6.04 Å². The van der Waals surface area contributed by atoms with Crippen LogP contribution in [0, 0.1) is 5.92 Å². The highest BCUT2D eigenvalue weighted by molar-refractivity contribution is 5.75. The van der Waals surface area contributed by atoms with Gasteiger partial charge in [-0.2, -0.15) is 0 Å². The zero-order valence-electron chi connectivity index (χ0n) is 8.51. The van der Waals surface area contributed by atoms with Crippen LogP contribution in [0.1, 0.15) is 32.6 Å². The summed E-state index contributed by atoms with van der Waals surface area (Å²) in [5.74, 6) is 0.558. The molecule has 1 N–H and O–H groups in total. The van der Waals surface area contributed by atoms with Crippen LogP contribution in [-0.4, -0.2) is 25.7 Å². The lowest BCUT2D eigenvalue weighted by molar-refractivity contribution is -0.142. The van der Waals surface area contributed by atoms with Gasteiger partial charge in [0, 0.05) is 0 Å². The van der Waals surface area contributed by atoms with E-state index in [0.717, 1.165) is 13.0 Å². The number of carbonyl (C=O) groups excluding carboxylic acids is 1. The molecule has 0 radical (unpaired) electrons. The molecule has 1 fully saturated rings. The number of ether oxygens (including phenoxy) is 1. The monoisotopic (exact) mass is 185 g/mol. The maximum atomic E-state index is 11.1. The standard InChI is InChI=1S/C10H19NO2/c1-3-4-5-8-6-9(11-7-8)10(12)13-2/h8-9,11H,3-7H2,1-2H3. The average molecular weight is 185 g/mol. The van der Waals surface area contributed by atoms with Crippen molar-refractivity contribution in [1.29, 1.82) is 0 Å². The number of rotatable bonds is 4. The average Bonchev–Trinajstić information content (AvgIpc) is 2.62. The minimum absolute atomic E-state index is 0.0492. The van der Waals surface area contributed by atoms with Crippen LogP contribution >= 0.6 is 0 Å². The number of hydrogen-bond donors (Lipinski definition) is 1. The van der Waals surface area contributed by atoms with Crippen LogP contribution in [0.4, 0.5) is 0 Å². The first-order chi connectivity index (χ1) is 6.27. The lowest BCUT2D eigenvalue weighted by Crippen LogP contribution is -2.31. The molecule has 1 heterocycles. The molecule has 0 aromatic heterocycles. The SMILES string of the molecule is CCCCC1CNC(C(=O)OC)C1. The van der Waals surface area contributed by atoms with Gasteiger partial charge in [-0.3, -0.25) is 4.79 Å². The van der Waals surface area contributed by atoms with E-state index in [1.54, 1.807) is 0 Å². The lowest BCUT2D eigenvalue weighted by atomic mass is 9.99. The van der Waals surface area contributed by atoms with Gasteiger partial charge in [0.2, 0.25) is 0 Å². The first-order valence-corrected chi connectivity index (χ1v) is 5.09. The molecule has 0 spiro atoms. The van der Waals surface area contributed by atoms with Crippen molar-refractivity contribution < 1.29 is 9.53 Å². The van der Waals surface area contributed by atoms with E-state index in [9.17, 15) is 4.79 Å². The number of methoxy groups -OCH3 is 1. The van der Waals surface area contributed by atoms with Crippen molar-refractivity contribution in [3.8, 4) is 0 Å². The highest BCUT2D eigenvalue weighted by atomic mass is 16.5. The summed E-state index contributed by atoms with van der Waals surface area (Å²) in [6.07, 6.45) is 4.68. The highest BCUT2D eigenvalue weighted by Gasteiger charge is 2.29. The van der Waals surface area contributed by atoms with Crippen LogP contribution in [0.3, 0.4) is 0 Å². The Bertz CT molecular complexity index is 170. The molecular formula is C10H19NO2. The third kappa shape index (κ3) is 2.99. The van der Waals surface area contributed by atoms with E-state index in [2.05, 4.69) is 17.0 Å². The van der Waals surface area contributed by atoms with Crippen molar-refractivity contribution in [2.24, 2.45) is 5.92 Å². The van der Waals surface area contributed by atoms with E-state index in [4.69, 9.17) is 0 Å². The van der Waals surface area contributed by atoms with Gasteiger partial charge in [-0.25, -0.2) is 0 Å². The molecule has 0 amide bonds. The second-order valence-corrected chi connectivity index (χ2v) is 3.73. The first-order valence-electron chi connectivity index (χ1n) is 5.09. The van der Waals surface area contributed by atoms with Crippen molar-refractivity contribution in [2.45, 2.75) is 38.6 Å². The van der Waals surface area contributed by atoms with Gasteiger partial charge >= 0.3 is 5.97 Å². The Hall–Kier alpha value is -0.570. The van der Waals surface area contributed by atoms with E-state index < -0.39 is 0 Å². The van der Waals surface area contributed by atoms with Crippen LogP contribution in [0.25, 0.3) is 0 Å². The van der Waals surface area contributed by atoms with E-state index >= 15 is 0 Å². The van der Waals surface area contributed by atoms with E-state index in [-0.39, 0.29) is 12.0 Å². The molecule has 0 aromatic rings. The van der Waals surface area contributed by atoms with Crippen molar-refractivity contribution in [3.05, 3.63) is 0 Å². The summed E-state index contributed by atoms with van der Waals surface area (Å²) in [5.41, 5.74) is 0. The molecule has 0 saturated carbocycles. The molecule has 13 heavy (non-hydrogen) atoms. The molecule has 0 aliphatic carbocycles. The topological polar surface area (TPSA) is 38.3 Å². The van der Waals surface area contributed by atoms with Crippen LogP contribution in [0.15, 0.2) is 0 Å². The normalized spacial score (nSPS) is 27.5. The molecule has 2 unspecified atom stereocenters. The molecule has 0 aromatic carbocycles. The fourth-order valence-corrected chi connectivity index (χ4v) is 1.84. The Balaban J connectivity index is 2.23. The van der Waals surface area contributed by atoms with Crippen molar-refractivity contribution >= 4 is 5.97 Å². The van der Waals surface area contributed by atoms with Crippen LogP contribution in [0.2, 0.25) is 0 Å². The van der Waals surface area contributed by atoms with Crippen molar-refractivity contribution in [2.75, 3.05) is 13.7 Å². The van der Waals surface area contributed by atoms with Crippen LogP contribution in [-0.2, 0) is 9.53 Å². The molecule has 3 heteroatoms. The minimum Gasteiger partial charge on any atom is -0.468 e.